The van der Waals surface area contributed by atoms with E-state index in [2.05, 4.69) is 33.0 Å². The number of rotatable bonds is 24. The van der Waals surface area contributed by atoms with Gasteiger partial charge in [-0.2, -0.15) is 0 Å². The normalized spacial score (nSPS) is 36.8. The zero-order valence-corrected chi connectivity index (χ0v) is 32.0. The van der Waals surface area contributed by atoms with Gasteiger partial charge in [0, 0.05) is 25.2 Å². The summed E-state index contributed by atoms with van der Waals surface area (Å²) in [6.45, 7) is 17.0. The fourth-order valence-corrected chi connectivity index (χ4v) is 11.5. The first kappa shape index (κ1) is 40.5. The average molecular weight is 677 g/mol. The van der Waals surface area contributed by atoms with E-state index in [4.69, 9.17) is 31.4 Å². The van der Waals surface area contributed by atoms with E-state index in [1.165, 1.54) is 96.4 Å². The van der Waals surface area contributed by atoms with Crippen molar-refractivity contribution in [1.82, 2.24) is 5.32 Å². The number of nitrogens with one attached hydrogen (secondary N) is 1. The monoisotopic (exact) mass is 677 g/mol. The first-order valence-corrected chi connectivity index (χ1v) is 21.0. The third-order valence-corrected chi connectivity index (χ3v) is 14.2. The Balaban J connectivity index is 1.46. The summed E-state index contributed by atoms with van der Waals surface area (Å²) in [5.74, 6) is 3.92. The highest BCUT2D eigenvalue weighted by atomic mass is 16.5. The molecular weight excluding hydrogens is 596 g/mol. The molecule has 0 aromatic carbocycles. The van der Waals surface area contributed by atoms with Crippen LogP contribution >= 0.6 is 0 Å². The van der Waals surface area contributed by atoms with Crippen LogP contribution in [-0.4, -0.2) is 70.9 Å². The van der Waals surface area contributed by atoms with Crippen molar-refractivity contribution in [3.05, 3.63) is 0 Å². The lowest BCUT2D eigenvalue weighted by Crippen LogP contribution is -2.63. The molecule has 0 bridgehead atoms. The van der Waals surface area contributed by atoms with Crippen LogP contribution in [0.25, 0.3) is 0 Å². The maximum absolute atomic E-state index is 7.03. The molecule has 0 aromatic heterocycles. The van der Waals surface area contributed by atoms with Gasteiger partial charge in [-0.3, -0.25) is 0 Å². The summed E-state index contributed by atoms with van der Waals surface area (Å²) >= 11 is 0. The van der Waals surface area contributed by atoms with Gasteiger partial charge in [-0.15, -0.1) is 0 Å². The summed E-state index contributed by atoms with van der Waals surface area (Å²) in [6, 6.07) is 0. The number of unbranched alkanes of at least 4 members (excludes halogenated alkanes) is 5. The predicted octanol–water partition coefficient (Wildman–Crippen LogP) is 7.43. The zero-order valence-electron chi connectivity index (χ0n) is 32.0. The van der Waals surface area contributed by atoms with Gasteiger partial charge in [-0.1, -0.05) is 59.8 Å². The molecule has 7 heteroatoms. The quantitative estimate of drug-likeness (QED) is 0.0786. The molecule has 0 heterocycles. The summed E-state index contributed by atoms with van der Waals surface area (Å²) in [5, 5.41) is 3.77. The third-order valence-electron chi connectivity index (χ3n) is 14.2. The van der Waals surface area contributed by atoms with Gasteiger partial charge >= 0.3 is 0 Å². The number of ether oxygens (including phenoxy) is 3. The van der Waals surface area contributed by atoms with Crippen LogP contribution in [-0.2, 0) is 14.2 Å². The van der Waals surface area contributed by atoms with Gasteiger partial charge in [-0.25, -0.2) is 0 Å². The minimum Gasteiger partial charge on any atom is -0.378 e. The van der Waals surface area contributed by atoms with Gasteiger partial charge in [-0.05, 0) is 157 Å². The van der Waals surface area contributed by atoms with Gasteiger partial charge in [0.05, 0.1) is 18.3 Å². The molecule has 4 unspecified atom stereocenters. The van der Waals surface area contributed by atoms with Gasteiger partial charge in [0.2, 0.25) is 0 Å². The summed E-state index contributed by atoms with van der Waals surface area (Å²) in [5.41, 5.74) is 18.3. The lowest BCUT2D eigenvalue weighted by atomic mass is 9.43. The maximum atomic E-state index is 7.03. The Labute approximate surface area is 296 Å². The van der Waals surface area contributed by atoms with Gasteiger partial charge in [0.15, 0.2) is 0 Å². The van der Waals surface area contributed by atoms with E-state index in [0.717, 1.165) is 52.0 Å². The lowest BCUT2D eigenvalue weighted by Gasteiger charge is -2.65. The third kappa shape index (κ3) is 9.98. The second-order valence-electron chi connectivity index (χ2n) is 17.1. The zero-order chi connectivity index (χ0) is 34.4. The SMILES string of the molecule is CCCCCCCCNCCC[C@@H](C)[C@H]1CC[C@H]2C3[C@H](OCCCN)CC4C[C@H](OCCCN)CCC4(C)[C@H]3C[C@H](OCCCN)C12C. The second-order valence-corrected chi connectivity index (χ2v) is 17.1. The number of hydrogen-bond acceptors (Lipinski definition) is 7. The standard InChI is InChI=1S/C41H80N4O3/c1-5-6-7-8-9-10-23-45-24-11-15-31(2)34-16-17-35-39-36(30-38(41(34,35)4)48-27-14-22-44)40(3)19-18-33(46-25-12-20-42)28-32(40)29-37(39)47-26-13-21-43/h31-39,45H,5-30,42-44H2,1-4H3/t31-,32?,33-,34-,35+,36+,37-,38+,39?,40?,41?/m1/s1. The Morgan fingerprint density at radius 3 is 2.10 bits per heavy atom. The van der Waals surface area contributed by atoms with Crippen molar-refractivity contribution in [3.63, 3.8) is 0 Å². The summed E-state index contributed by atoms with van der Waals surface area (Å²) < 4.78 is 20.4. The van der Waals surface area contributed by atoms with Gasteiger partial charge in [0.25, 0.3) is 0 Å². The van der Waals surface area contributed by atoms with E-state index in [1.807, 2.05) is 0 Å². The lowest BCUT2D eigenvalue weighted by molar-refractivity contribution is -0.227. The second kappa shape index (κ2) is 20.7. The van der Waals surface area contributed by atoms with Crippen LogP contribution in [0.1, 0.15) is 143 Å². The molecule has 4 saturated carbocycles. The fourth-order valence-electron chi connectivity index (χ4n) is 11.5. The maximum Gasteiger partial charge on any atom is 0.0637 e. The number of hydrogen-bond donors (Lipinski definition) is 4. The van der Waals surface area contributed by atoms with Crippen LogP contribution in [0.5, 0.6) is 0 Å². The highest BCUT2D eigenvalue weighted by molar-refractivity contribution is 5.15. The van der Waals surface area contributed by atoms with Crippen LogP contribution in [0.3, 0.4) is 0 Å². The Morgan fingerprint density at radius 2 is 1.38 bits per heavy atom. The van der Waals surface area contributed by atoms with Crippen molar-refractivity contribution >= 4 is 0 Å². The van der Waals surface area contributed by atoms with Crippen LogP contribution in [0.2, 0.25) is 0 Å². The van der Waals surface area contributed by atoms with Crippen LogP contribution in [0, 0.1) is 46.3 Å². The smallest absolute Gasteiger partial charge is 0.0637 e. The average Bonchev–Trinajstić information content (AvgIpc) is 3.44. The van der Waals surface area contributed by atoms with Gasteiger partial charge < -0.3 is 36.7 Å². The van der Waals surface area contributed by atoms with E-state index < -0.39 is 0 Å². The molecule has 7 N–H and O–H groups in total. The van der Waals surface area contributed by atoms with Crippen LogP contribution in [0.4, 0.5) is 0 Å². The fraction of sp³-hybridized carbons (Fsp3) is 1.00. The minimum atomic E-state index is 0.183. The molecule has 0 spiro atoms. The largest absolute Gasteiger partial charge is 0.378 e. The molecule has 7 nitrogen and oxygen atoms in total. The molecule has 0 amide bonds. The van der Waals surface area contributed by atoms with E-state index in [-0.39, 0.29) is 5.41 Å². The molecule has 282 valence electrons. The highest BCUT2D eigenvalue weighted by Gasteiger charge is 2.66. The van der Waals surface area contributed by atoms with Crippen LogP contribution in [0.15, 0.2) is 0 Å². The summed E-state index contributed by atoms with van der Waals surface area (Å²) in [7, 11) is 0. The summed E-state index contributed by atoms with van der Waals surface area (Å²) in [6.07, 6.45) is 23.2. The molecule has 0 aromatic rings. The summed E-state index contributed by atoms with van der Waals surface area (Å²) in [4.78, 5) is 0. The van der Waals surface area contributed by atoms with Crippen molar-refractivity contribution in [2.75, 3.05) is 52.5 Å². The van der Waals surface area contributed by atoms with Crippen molar-refractivity contribution < 1.29 is 14.2 Å². The Hall–Kier alpha value is -0.280. The molecule has 0 aliphatic heterocycles. The first-order chi connectivity index (χ1) is 23.3. The Bertz CT molecular complexity index is 879. The first-order valence-electron chi connectivity index (χ1n) is 21.0. The molecule has 4 aliphatic rings. The van der Waals surface area contributed by atoms with Gasteiger partial charge in [0.1, 0.15) is 0 Å². The minimum absolute atomic E-state index is 0.183. The van der Waals surface area contributed by atoms with E-state index >= 15 is 0 Å². The van der Waals surface area contributed by atoms with Crippen molar-refractivity contribution in [1.29, 1.82) is 0 Å². The molecule has 4 fully saturated rings. The van der Waals surface area contributed by atoms with E-state index in [1.54, 1.807) is 0 Å². The molecule has 4 aliphatic carbocycles. The molecule has 11 atom stereocenters. The highest BCUT2D eigenvalue weighted by Crippen LogP contribution is 2.69. The van der Waals surface area contributed by atoms with E-state index in [0.29, 0.717) is 78.9 Å². The number of fused-ring (bicyclic) bond motifs is 5. The van der Waals surface area contributed by atoms with Crippen molar-refractivity contribution in [3.8, 4) is 0 Å². The topological polar surface area (TPSA) is 118 Å². The number of nitrogens with two attached hydrogens (primary N) is 3. The van der Waals surface area contributed by atoms with Crippen molar-refractivity contribution in [2.24, 2.45) is 63.5 Å². The Kier molecular flexibility index (Phi) is 17.4. The molecule has 0 saturated heterocycles. The Morgan fingerprint density at radius 1 is 0.708 bits per heavy atom. The molecular formula is C41H80N4O3. The molecule has 48 heavy (non-hydrogen) atoms. The molecule has 4 rings (SSSR count). The molecule has 0 radical (unpaired) electrons. The van der Waals surface area contributed by atoms with E-state index in [9.17, 15) is 0 Å². The van der Waals surface area contributed by atoms with Crippen LogP contribution < -0.4 is 22.5 Å². The van der Waals surface area contributed by atoms with Crippen molar-refractivity contribution in [2.45, 2.75) is 162 Å². The predicted molar refractivity (Wildman–Crippen MR) is 201 cm³/mol.